The number of ketones is 1. The fourth-order valence-corrected chi connectivity index (χ4v) is 1.32. The molecule has 0 unspecified atom stereocenters. The van der Waals surface area contributed by atoms with Crippen molar-refractivity contribution in [3.63, 3.8) is 0 Å². The summed E-state index contributed by atoms with van der Waals surface area (Å²) >= 11 is 10.9. The van der Waals surface area contributed by atoms with Crippen molar-refractivity contribution >= 4 is 35.0 Å². The number of carbonyl (C=O) groups excluding carboxylic acids is 2. The molecule has 0 spiro atoms. The summed E-state index contributed by atoms with van der Waals surface area (Å²) in [6.07, 6.45) is 0. The van der Waals surface area contributed by atoms with Crippen LogP contribution in [0, 0.1) is 5.82 Å². The highest BCUT2D eigenvalue weighted by molar-refractivity contribution is 6.45. The maximum Gasteiger partial charge on any atom is 0.379 e. The van der Waals surface area contributed by atoms with Crippen molar-refractivity contribution in [2.75, 3.05) is 6.61 Å². The second-order valence-electron chi connectivity index (χ2n) is 2.65. The standard InChI is InChI=1S/C9H6Cl2FNO3/c1-2-16-9(15)6(14)4-3-5(12)8(11)13-7(4)10/h3H,2H2,1H3. The Hall–Kier alpha value is -1.20. The molecule has 0 bridgehead atoms. The van der Waals surface area contributed by atoms with Gasteiger partial charge in [-0.15, -0.1) is 0 Å². The number of esters is 1. The summed E-state index contributed by atoms with van der Waals surface area (Å²) in [5, 5.41) is -0.810. The van der Waals surface area contributed by atoms with Crippen molar-refractivity contribution in [2.45, 2.75) is 6.92 Å². The Labute approximate surface area is 100 Å². The number of aromatic nitrogens is 1. The Balaban J connectivity index is 3.09. The van der Waals surface area contributed by atoms with Crippen molar-refractivity contribution < 1.29 is 18.7 Å². The van der Waals surface area contributed by atoms with Crippen LogP contribution in [0.1, 0.15) is 17.3 Å². The molecule has 0 radical (unpaired) electrons. The van der Waals surface area contributed by atoms with E-state index in [0.717, 1.165) is 6.07 Å². The molecule has 16 heavy (non-hydrogen) atoms. The van der Waals surface area contributed by atoms with Crippen LogP contribution in [0.15, 0.2) is 6.07 Å². The van der Waals surface area contributed by atoms with Crippen LogP contribution in [-0.4, -0.2) is 23.3 Å². The molecule has 7 heteroatoms. The number of rotatable bonds is 3. The van der Waals surface area contributed by atoms with Crippen LogP contribution in [0.5, 0.6) is 0 Å². The number of pyridine rings is 1. The Morgan fingerprint density at radius 3 is 2.62 bits per heavy atom. The molecule has 0 atom stereocenters. The minimum Gasteiger partial charge on any atom is -0.460 e. The molecule has 0 fully saturated rings. The minimum absolute atomic E-state index is 0.0334. The van der Waals surface area contributed by atoms with Crippen LogP contribution in [0.25, 0.3) is 0 Å². The van der Waals surface area contributed by atoms with Crippen LogP contribution in [0.3, 0.4) is 0 Å². The second kappa shape index (κ2) is 5.23. The van der Waals surface area contributed by atoms with Crippen LogP contribution >= 0.6 is 23.2 Å². The van der Waals surface area contributed by atoms with Gasteiger partial charge in [0.25, 0.3) is 5.78 Å². The third-order valence-corrected chi connectivity index (χ3v) is 2.15. The van der Waals surface area contributed by atoms with E-state index < -0.39 is 22.7 Å². The fourth-order valence-electron chi connectivity index (χ4n) is 0.911. The molecule has 0 saturated heterocycles. The van der Waals surface area contributed by atoms with Crippen LogP contribution in [-0.2, 0) is 9.53 Å². The molecule has 0 saturated carbocycles. The number of ether oxygens (including phenoxy) is 1. The van der Waals surface area contributed by atoms with Gasteiger partial charge in [0, 0.05) is 0 Å². The SMILES string of the molecule is CCOC(=O)C(=O)c1cc(F)c(Cl)nc1Cl. The predicted octanol–water partition coefficient (Wildman–Crippen LogP) is 2.27. The molecule has 1 aromatic heterocycles. The zero-order valence-corrected chi connectivity index (χ0v) is 9.60. The fraction of sp³-hybridized carbons (Fsp3) is 0.222. The summed E-state index contributed by atoms with van der Waals surface area (Å²) < 4.78 is 17.5. The third-order valence-electron chi connectivity index (χ3n) is 1.59. The van der Waals surface area contributed by atoms with Crippen molar-refractivity contribution in [2.24, 2.45) is 0 Å². The van der Waals surface area contributed by atoms with Gasteiger partial charge in [0.15, 0.2) is 11.0 Å². The summed E-state index contributed by atoms with van der Waals surface area (Å²) in [6.45, 7) is 1.57. The predicted molar refractivity (Wildman–Crippen MR) is 55.2 cm³/mol. The van der Waals surface area contributed by atoms with E-state index in [2.05, 4.69) is 9.72 Å². The molecule has 0 amide bonds. The van der Waals surface area contributed by atoms with Gasteiger partial charge in [-0.2, -0.15) is 0 Å². The monoisotopic (exact) mass is 265 g/mol. The Kier molecular flexibility index (Phi) is 4.20. The summed E-state index contributed by atoms with van der Waals surface area (Å²) in [6, 6.07) is 0.747. The highest BCUT2D eigenvalue weighted by Crippen LogP contribution is 2.20. The third kappa shape index (κ3) is 2.68. The van der Waals surface area contributed by atoms with Crippen molar-refractivity contribution in [1.82, 2.24) is 4.98 Å². The lowest BCUT2D eigenvalue weighted by Crippen LogP contribution is -2.18. The summed E-state index contributed by atoms with van der Waals surface area (Å²) in [4.78, 5) is 25.9. The van der Waals surface area contributed by atoms with Gasteiger partial charge < -0.3 is 4.74 Å². The average Bonchev–Trinajstić information content (AvgIpc) is 2.23. The molecule has 0 aromatic carbocycles. The number of hydrogen-bond acceptors (Lipinski definition) is 4. The normalized spacial score (nSPS) is 10.0. The molecule has 0 aliphatic heterocycles. The van der Waals surface area contributed by atoms with Gasteiger partial charge in [0.05, 0.1) is 12.2 Å². The molecular weight excluding hydrogens is 260 g/mol. The van der Waals surface area contributed by atoms with E-state index in [0.29, 0.717) is 0 Å². The van der Waals surface area contributed by atoms with Gasteiger partial charge in [0.1, 0.15) is 5.15 Å². The molecule has 1 rings (SSSR count). The van der Waals surface area contributed by atoms with Crippen molar-refractivity contribution in [3.8, 4) is 0 Å². The Morgan fingerprint density at radius 2 is 2.06 bits per heavy atom. The van der Waals surface area contributed by atoms with E-state index in [4.69, 9.17) is 23.2 Å². The topological polar surface area (TPSA) is 56.3 Å². The van der Waals surface area contributed by atoms with Crippen LogP contribution in [0.2, 0.25) is 10.3 Å². The molecule has 4 nitrogen and oxygen atoms in total. The molecular formula is C9H6Cl2FNO3. The molecule has 0 aliphatic carbocycles. The number of nitrogens with zero attached hydrogens (tertiary/aromatic N) is 1. The second-order valence-corrected chi connectivity index (χ2v) is 3.36. The molecule has 0 aliphatic rings. The molecule has 1 aromatic rings. The highest BCUT2D eigenvalue weighted by atomic mass is 35.5. The van der Waals surface area contributed by atoms with Gasteiger partial charge >= 0.3 is 5.97 Å². The van der Waals surface area contributed by atoms with E-state index >= 15 is 0 Å². The summed E-state index contributed by atoms with van der Waals surface area (Å²) in [5.41, 5.74) is -0.373. The molecule has 86 valence electrons. The first-order chi connectivity index (χ1) is 7.47. The Bertz CT molecular complexity index is 451. The zero-order chi connectivity index (χ0) is 12.3. The Morgan fingerprint density at radius 1 is 1.44 bits per heavy atom. The van der Waals surface area contributed by atoms with E-state index in [-0.39, 0.29) is 17.3 Å². The van der Waals surface area contributed by atoms with Crippen LogP contribution < -0.4 is 0 Å². The maximum absolute atomic E-state index is 13.0. The smallest absolute Gasteiger partial charge is 0.379 e. The van der Waals surface area contributed by atoms with Crippen LogP contribution in [0.4, 0.5) is 4.39 Å². The highest BCUT2D eigenvalue weighted by Gasteiger charge is 2.23. The van der Waals surface area contributed by atoms with Crippen molar-refractivity contribution in [1.29, 1.82) is 0 Å². The average molecular weight is 266 g/mol. The summed E-state index contributed by atoms with van der Waals surface area (Å²) in [7, 11) is 0. The van der Waals surface area contributed by atoms with Gasteiger partial charge in [-0.05, 0) is 13.0 Å². The van der Waals surface area contributed by atoms with E-state index in [1.165, 1.54) is 6.92 Å². The van der Waals surface area contributed by atoms with Crippen molar-refractivity contribution in [3.05, 3.63) is 27.8 Å². The first kappa shape index (κ1) is 12.9. The zero-order valence-electron chi connectivity index (χ0n) is 8.09. The first-order valence-electron chi connectivity index (χ1n) is 4.20. The number of hydrogen-bond donors (Lipinski definition) is 0. The molecule has 0 N–H and O–H groups in total. The summed E-state index contributed by atoms with van der Waals surface area (Å²) in [5.74, 6) is -3.11. The van der Waals surface area contributed by atoms with Gasteiger partial charge in [-0.3, -0.25) is 4.79 Å². The van der Waals surface area contributed by atoms with E-state index in [9.17, 15) is 14.0 Å². The lowest BCUT2D eigenvalue weighted by atomic mass is 10.2. The largest absolute Gasteiger partial charge is 0.460 e. The lowest BCUT2D eigenvalue weighted by Gasteiger charge is -2.03. The van der Waals surface area contributed by atoms with Gasteiger partial charge in [0.2, 0.25) is 0 Å². The number of carbonyl (C=O) groups is 2. The van der Waals surface area contributed by atoms with Gasteiger partial charge in [-0.1, -0.05) is 23.2 Å². The minimum atomic E-state index is -1.12. The molecule has 1 heterocycles. The lowest BCUT2D eigenvalue weighted by molar-refractivity contribution is -0.137. The number of Topliss-reactive ketones (excluding diaryl/α,β-unsaturated/α-hetero) is 1. The first-order valence-corrected chi connectivity index (χ1v) is 4.96. The quantitative estimate of drug-likeness (QED) is 0.364. The van der Waals surface area contributed by atoms with E-state index in [1.807, 2.05) is 0 Å². The van der Waals surface area contributed by atoms with Gasteiger partial charge in [-0.25, -0.2) is 14.2 Å². The number of halogens is 3. The van der Waals surface area contributed by atoms with E-state index in [1.54, 1.807) is 0 Å². The maximum atomic E-state index is 13.0.